The minimum absolute atomic E-state index is 0.360. The summed E-state index contributed by atoms with van der Waals surface area (Å²) in [6.45, 7) is 3.09. The highest BCUT2D eigenvalue weighted by Crippen LogP contribution is 1.90. The fourth-order valence-corrected chi connectivity index (χ4v) is 0.958. The van der Waals surface area contributed by atoms with Crippen molar-refractivity contribution < 1.29 is 9.53 Å². The van der Waals surface area contributed by atoms with Crippen LogP contribution in [0.1, 0.15) is 32.6 Å². The first-order valence-corrected chi connectivity index (χ1v) is 5.26. The molecule has 0 rings (SSSR count). The summed E-state index contributed by atoms with van der Waals surface area (Å²) in [4.78, 5) is 11.4. The van der Waals surface area contributed by atoms with Crippen molar-refractivity contribution in [2.75, 3.05) is 13.2 Å². The molecule has 0 aliphatic carbocycles. The van der Waals surface area contributed by atoms with Gasteiger partial charge in [-0.05, 0) is 19.3 Å². The van der Waals surface area contributed by atoms with Gasteiger partial charge in [0, 0.05) is 6.54 Å². The van der Waals surface area contributed by atoms with E-state index in [0.29, 0.717) is 24.6 Å². The van der Waals surface area contributed by atoms with Crippen molar-refractivity contribution in [1.82, 2.24) is 5.32 Å². The quantitative estimate of drug-likeness (QED) is 0.503. The van der Waals surface area contributed by atoms with E-state index in [1.54, 1.807) is 0 Å². The summed E-state index contributed by atoms with van der Waals surface area (Å²) in [6, 6.07) is 0. The van der Waals surface area contributed by atoms with E-state index in [-0.39, 0.29) is 6.09 Å². The largest absolute Gasteiger partial charge is 0.450 e. The minimum atomic E-state index is -0.360. The van der Waals surface area contributed by atoms with E-state index < -0.39 is 0 Å². The number of amides is 1. The van der Waals surface area contributed by atoms with Crippen LogP contribution in [0.3, 0.4) is 0 Å². The molecule has 0 atom stereocenters. The van der Waals surface area contributed by atoms with Gasteiger partial charge in [0.25, 0.3) is 0 Å². The molecule has 4 nitrogen and oxygen atoms in total. The molecule has 0 bridgehead atoms. The summed E-state index contributed by atoms with van der Waals surface area (Å²) >= 11 is 4.69. The second-order valence-electron chi connectivity index (χ2n) is 2.99. The van der Waals surface area contributed by atoms with E-state index in [9.17, 15) is 4.79 Å². The molecule has 0 aromatic carbocycles. The van der Waals surface area contributed by atoms with Crippen molar-refractivity contribution in [2.24, 2.45) is 5.73 Å². The van der Waals surface area contributed by atoms with Crippen LogP contribution in [0.5, 0.6) is 0 Å². The number of carbonyl (C=O) groups is 1. The number of nitrogens with one attached hydrogen (secondary N) is 1. The molecule has 0 fully saturated rings. The summed E-state index contributed by atoms with van der Waals surface area (Å²) in [5.41, 5.74) is 5.30. The van der Waals surface area contributed by atoms with Crippen molar-refractivity contribution in [3.05, 3.63) is 0 Å². The molecule has 0 spiro atoms. The summed E-state index contributed by atoms with van der Waals surface area (Å²) < 4.78 is 4.88. The maximum atomic E-state index is 11.0. The lowest BCUT2D eigenvalue weighted by Crippen LogP contribution is -2.26. The van der Waals surface area contributed by atoms with Crippen molar-refractivity contribution in [1.29, 1.82) is 0 Å². The summed E-state index contributed by atoms with van der Waals surface area (Å²) in [6.07, 6.45) is 2.99. The number of ether oxygens (including phenoxy) is 1. The minimum Gasteiger partial charge on any atom is -0.450 e. The van der Waals surface area contributed by atoms with Gasteiger partial charge in [-0.15, -0.1) is 0 Å². The molecule has 0 aliphatic heterocycles. The molecule has 0 aliphatic rings. The average Bonchev–Trinajstić information content (AvgIpc) is 2.13. The van der Waals surface area contributed by atoms with E-state index in [1.165, 1.54) is 0 Å². The van der Waals surface area contributed by atoms with Crippen LogP contribution in [0, 0.1) is 0 Å². The van der Waals surface area contributed by atoms with E-state index in [4.69, 9.17) is 22.7 Å². The maximum absolute atomic E-state index is 11.0. The van der Waals surface area contributed by atoms with E-state index in [2.05, 4.69) is 5.32 Å². The van der Waals surface area contributed by atoms with Crippen LogP contribution in [0.25, 0.3) is 0 Å². The number of hydrogen-bond acceptors (Lipinski definition) is 3. The van der Waals surface area contributed by atoms with Gasteiger partial charge in [0.2, 0.25) is 0 Å². The fraction of sp³-hybridized carbons (Fsp3) is 0.778. The number of hydrogen-bond donors (Lipinski definition) is 2. The topological polar surface area (TPSA) is 64.3 Å². The molecule has 0 saturated heterocycles. The number of rotatable bonds is 7. The molecule has 3 N–H and O–H groups in total. The molecule has 5 heteroatoms. The molecule has 0 radical (unpaired) electrons. The third-order valence-electron chi connectivity index (χ3n) is 1.60. The normalized spacial score (nSPS) is 9.50. The number of carbonyl (C=O) groups excluding carboxylic acids is 1. The summed E-state index contributed by atoms with van der Waals surface area (Å²) in [5, 5.41) is 2.62. The first kappa shape index (κ1) is 13.2. The van der Waals surface area contributed by atoms with Crippen LogP contribution in [-0.4, -0.2) is 24.2 Å². The Balaban J connectivity index is 3.22. The molecule has 0 unspecified atom stereocenters. The van der Waals surface area contributed by atoms with Crippen LogP contribution < -0.4 is 11.1 Å². The predicted octanol–water partition coefficient (Wildman–Crippen LogP) is 1.58. The zero-order chi connectivity index (χ0) is 10.8. The molecule has 82 valence electrons. The van der Waals surface area contributed by atoms with Gasteiger partial charge in [0.1, 0.15) is 0 Å². The predicted molar refractivity (Wildman–Crippen MR) is 60.3 cm³/mol. The Morgan fingerprint density at radius 1 is 1.50 bits per heavy atom. The Labute approximate surface area is 90.2 Å². The number of thiocarbonyl (C=S) groups is 1. The van der Waals surface area contributed by atoms with Crippen molar-refractivity contribution in [2.45, 2.75) is 32.6 Å². The average molecular weight is 218 g/mol. The highest BCUT2D eigenvalue weighted by atomic mass is 32.1. The third kappa shape index (κ3) is 9.25. The zero-order valence-corrected chi connectivity index (χ0v) is 9.36. The molecule has 0 aromatic heterocycles. The zero-order valence-electron chi connectivity index (χ0n) is 8.54. The van der Waals surface area contributed by atoms with Crippen LogP contribution >= 0.6 is 12.2 Å². The number of nitrogens with two attached hydrogens (primary N) is 1. The van der Waals surface area contributed by atoms with Gasteiger partial charge in [0.15, 0.2) is 0 Å². The summed E-state index contributed by atoms with van der Waals surface area (Å²) in [5.74, 6) is 0. The highest BCUT2D eigenvalue weighted by molar-refractivity contribution is 7.80. The molecule has 0 saturated carbocycles. The van der Waals surface area contributed by atoms with Gasteiger partial charge in [-0.1, -0.05) is 25.6 Å². The molecular weight excluding hydrogens is 200 g/mol. The Bertz CT molecular complexity index is 186. The monoisotopic (exact) mass is 218 g/mol. The van der Waals surface area contributed by atoms with E-state index >= 15 is 0 Å². The first-order valence-electron chi connectivity index (χ1n) is 4.85. The van der Waals surface area contributed by atoms with E-state index in [1.807, 2.05) is 6.92 Å². The Kier molecular flexibility index (Phi) is 8.22. The molecular formula is C9H18N2O2S. The van der Waals surface area contributed by atoms with Gasteiger partial charge in [-0.2, -0.15) is 0 Å². The molecule has 0 heterocycles. The first-order chi connectivity index (χ1) is 6.66. The second kappa shape index (κ2) is 8.74. The van der Waals surface area contributed by atoms with E-state index in [0.717, 1.165) is 19.3 Å². The van der Waals surface area contributed by atoms with Gasteiger partial charge in [-0.25, -0.2) is 4.79 Å². The van der Waals surface area contributed by atoms with Gasteiger partial charge in [-0.3, -0.25) is 0 Å². The second-order valence-corrected chi connectivity index (χ2v) is 3.51. The maximum Gasteiger partial charge on any atom is 0.407 e. The number of alkyl carbamates (subject to hydrolysis) is 1. The van der Waals surface area contributed by atoms with Gasteiger partial charge in [0.05, 0.1) is 11.6 Å². The fourth-order valence-electron chi connectivity index (χ4n) is 0.813. The standard InChI is InChI=1S/C9H18N2O2S/c1-2-3-7-13-9(12)11-6-4-5-8(10)14/h2-7H2,1H3,(H2,10,14)(H,11,12). The van der Waals surface area contributed by atoms with Crippen molar-refractivity contribution in [3.63, 3.8) is 0 Å². The van der Waals surface area contributed by atoms with Crippen molar-refractivity contribution >= 4 is 23.3 Å². The lowest BCUT2D eigenvalue weighted by atomic mass is 10.3. The lowest BCUT2D eigenvalue weighted by Gasteiger charge is -2.05. The molecule has 1 amide bonds. The van der Waals surface area contributed by atoms with Gasteiger partial charge < -0.3 is 15.8 Å². The Hall–Kier alpha value is -0.840. The summed E-state index contributed by atoms with van der Waals surface area (Å²) in [7, 11) is 0. The highest BCUT2D eigenvalue weighted by Gasteiger charge is 1.99. The van der Waals surface area contributed by atoms with Crippen molar-refractivity contribution in [3.8, 4) is 0 Å². The van der Waals surface area contributed by atoms with Crippen LogP contribution in [-0.2, 0) is 4.74 Å². The van der Waals surface area contributed by atoms with Crippen LogP contribution in [0.2, 0.25) is 0 Å². The third-order valence-corrected chi connectivity index (χ3v) is 1.80. The smallest absolute Gasteiger partial charge is 0.407 e. The molecule has 0 aromatic rings. The number of unbranched alkanes of at least 4 members (excludes halogenated alkanes) is 1. The Morgan fingerprint density at radius 2 is 2.21 bits per heavy atom. The van der Waals surface area contributed by atoms with Crippen LogP contribution in [0.4, 0.5) is 4.79 Å². The lowest BCUT2D eigenvalue weighted by molar-refractivity contribution is 0.144. The van der Waals surface area contributed by atoms with Gasteiger partial charge >= 0.3 is 6.09 Å². The molecule has 14 heavy (non-hydrogen) atoms. The van der Waals surface area contributed by atoms with Crippen LogP contribution in [0.15, 0.2) is 0 Å². The Morgan fingerprint density at radius 3 is 2.79 bits per heavy atom. The SMILES string of the molecule is CCCCOC(=O)NCCCC(N)=S.